The molecule has 1 aliphatic rings. The number of rotatable bonds is 6. The van der Waals surface area contributed by atoms with Crippen molar-refractivity contribution in [1.82, 2.24) is 10.2 Å². The van der Waals surface area contributed by atoms with E-state index in [1.165, 1.54) is 24.8 Å². The highest BCUT2D eigenvalue weighted by Gasteiger charge is 2.20. The Bertz CT molecular complexity index is 347. The third kappa shape index (κ3) is 4.94. The summed E-state index contributed by atoms with van der Waals surface area (Å²) in [7, 11) is 1.88. The largest absolute Gasteiger partial charge is 0.390 e. The lowest BCUT2D eigenvalue weighted by molar-refractivity contribution is 0.0899. The van der Waals surface area contributed by atoms with Crippen LogP contribution in [0.5, 0.6) is 0 Å². The monoisotopic (exact) mass is 262 g/mol. The fraction of sp³-hybridized carbons (Fsp3) is 0.625. The number of hydrogen-bond donors (Lipinski definition) is 2. The summed E-state index contributed by atoms with van der Waals surface area (Å²) >= 11 is 0. The van der Waals surface area contributed by atoms with Crippen molar-refractivity contribution in [3.63, 3.8) is 0 Å². The molecule has 0 saturated carbocycles. The van der Waals surface area contributed by atoms with Crippen LogP contribution in [-0.4, -0.2) is 49.3 Å². The van der Waals surface area contributed by atoms with E-state index < -0.39 is 0 Å². The van der Waals surface area contributed by atoms with Gasteiger partial charge in [-0.15, -0.1) is 0 Å². The van der Waals surface area contributed by atoms with Gasteiger partial charge >= 0.3 is 0 Å². The van der Waals surface area contributed by atoms with Crippen molar-refractivity contribution in [1.29, 1.82) is 0 Å². The van der Waals surface area contributed by atoms with Gasteiger partial charge in [-0.2, -0.15) is 0 Å². The number of benzene rings is 1. The van der Waals surface area contributed by atoms with Gasteiger partial charge in [0.15, 0.2) is 0 Å². The predicted molar refractivity (Wildman–Crippen MR) is 79.2 cm³/mol. The Balaban J connectivity index is 1.70. The van der Waals surface area contributed by atoms with Gasteiger partial charge in [0.1, 0.15) is 0 Å². The van der Waals surface area contributed by atoms with Crippen LogP contribution in [0.3, 0.4) is 0 Å². The molecule has 3 nitrogen and oxygen atoms in total. The lowest BCUT2D eigenvalue weighted by Crippen LogP contribution is -2.42. The molecule has 0 bridgehead atoms. The SMILES string of the molecule is CNCC(O)CN1CCC(Cc2ccccc2)CC1. The zero-order chi connectivity index (χ0) is 13.5. The highest BCUT2D eigenvalue weighted by molar-refractivity contribution is 5.15. The van der Waals surface area contributed by atoms with Crippen LogP contribution in [0.2, 0.25) is 0 Å². The first kappa shape index (κ1) is 14.5. The number of aliphatic hydroxyl groups is 1. The van der Waals surface area contributed by atoms with Gasteiger partial charge in [0, 0.05) is 13.1 Å². The van der Waals surface area contributed by atoms with Crippen molar-refractivity contribution in [2.75, 3.05) is 33.2 Å². The van der Waals surface area contributed by atoms with Crippen LogP contribution in [0.1, 0.15) is 18.4 Å². The summed E-state index contributed by atoms with van der Waals surface area (Å²) in [5, 5.41) is 12.8. The molecule has 2 N–H and O–H groups in total. The number of nitrogens with one attached hydrogen (secondary N) is 1. The first-order valence-electron chi connectivity index (χ1n) is 7.37. The van der Waals surface area contributed by atoms with E-state index in [-0.39, 0.29) is 6.10 Å². The van der Waals surface area contributed by atoms with Gasteiger partial charge in [-0.1, -0.05) is 30.3 Å². The summed E-state index contributed by atoms with van der Waals surface area (Å²) in [6, 6.07) is 10.8. The maximum Gasteiger partial charge on any atom is 0.0791 e. The summed E-state index contributed by atoms with van der Waals surface area (Å²) in [4.78, 5) is 2.39. The first-order valence-corrected chi connectivity index (χ1v) is 7.37. The maximum atomic E-state index is 9.80. The second kappa shape index (κ2) is 7.63. The standard InChI is InChI=1S/C16H26N2O/c1-17-12-16(19)13-18-9-7-15(8-10-18)11-14-5-3-2-4-6-14/h2-6,15-17,19H,7-13H2,1H3. The molecule has 0 spiro atoms. The average Bonchev–Trinajstić information content (AvgIpc) is 2.42. The third-order valence-electron chi connectivity index (χ3n) is 3.98. The second-order valence-corrected chi connectivity index (χ2v) is 5.65. The van der Waals surface area contributed by atoms with Crippen LogP contribution in [0.25, 0.3) is 0 Å². The van der Waals surface area contributed by atoms with Gasteiger partial charge in [0.2, 0.25) is 0 Å². The minimum atomic E-state index is -0.240. The summed E-state index contributed by atoms with van der Waals surface area (Å²) in [6.07, 6.45) is 3.46. The number of likely N-dealkylation sites (N-methyl/N-ethyl adjacent to an activating group) is 1. The molecule has 0 aliphatic carbocycles. The first-order chi connectivity index (χ1) is 9.28. The molecule has 1 fully saturated rings. The molecule has 3 heteroatoms. The molecule has 1 aliphatic heterocycles. The van der Waals surface area contributed by atoms with Crippen LogP contribution in [0, 0.1) is 5.92 Å². The second-order valence-electron chi connectivity index (χ2n) is 5.65. The summed E-state index contributed by atoms with van der Waals surface area (Å²) in [5.41, 5.74) is 1.45. The Morgan fingerprint density at radius 1 is 1.26 bits per heavy atom. The van der Waals surface area contributed by atoms with E-state index in [2.05, 4.69) is 40.5 Å². The predicted octanol–water partition coefficient (Wildman–Crippen LogP) is 1.52. The molecular weight excluding hydrogens is 236 g/mol. The van der Waals surface area contributed by atoms with Crippen LogP contribution in [0.4, 0.5) is 0 Å². The van der Waals surface area contributed by atoms with Crippen LogP contribution >= 0.6 is 0 Å². The molecule has 1 saturated heterocycles. The van der Waals surface area contributed by atoms with Crippen LogP contribution in [0.15, 0.2) is 30.3 Å². The topological polar surface area (TPSA) is 35.5 Å². The number of piperidine rings is 1. The highest BCUT2D eigenvalue weighted by atomic mass is 16.3. The molecule has 0 amide bonds. The quantitative estimate of drug-likeness (QED) is 0.816. The van der Waals surface area contributed by atoms with Crippen molar-refractivity contribution in [2.24, 2.45) is 5.92 Å². The maximum absolute atomic E-state index is 9.80. The van der Waals surface area contributed by atoms with Crippen molar-refractivity contribution in [3.05, 3.63) is 35.9 Å². The fourth-order valence-electron chi connectivity index (χ4n) is 2.92. The Morgan fingerprint density at radius 2 is 1.95 bits per heavy atom. The molecule has 1 aromatic rings. The van der Waals surface area contributed by atoms with Crippen molar-refractivity contribution >= 4 is 0 Å². The van der Waals surface area contributed by atoms with E-state index in [4.69, 9.17) is 0 Å². The molecular formula is C16H26N2O. The summed E-state index contributed by atoms with van der Waals surface area (Å²) in [6.45, 7) is 3.74. The van der Waals surface area contributed by atoms with E-state index in [1.54, 1.807) is 0 Å². The molecule has 1 unspecified atom stereocenters. The number of aliphatic hydroxyl groups excluding tert-OH is 1. The number of nitrogens with zero attached hydrogens (tertiary/aromatic N) is 1. The Hall–Kier alpha value is -0.900. The fourth-order valence-corrected chi connectivity index (χ4v) is 2.92. The van der Waals surface area contributed by atoms with Crippen molar-refractivity contribution in [3.8, 4) is 0 Å². The minimum Gasteiger partial charge on any atom is -0.390 e. The lowest BCUT2D eigenvalue weighted by Gasteiger charge is -2.33. The summed E-state index contributed by atoms with van der Waals surface area (Å²) in [5.74, 6) is 0.806. The number of β-amino-alcohol motifs (C(OH)–C–C–N with tert-alkyl or cyclic N) is 1. The van der Waals surface area contributed by atoms with Gasteiger partial charge in [-0.3, -0.25) is 0 Å². The van der Waals surface area contributed by atoms with Gasteiger partial charge in [0.25, 0.3) is 0 Å². The molecule has 0 radical (unpaired) electrons. The molecule has 1 atom stereocenters. The molecule has 0 aromatic heterocycles. The van der Waals surface area contributed by atoms with E-state index in [1.807, 2.05) is 7.05 Å². The number of hydrogen-bond acceptors (Lipinski definition) is 3. The van der Waals surface area contributed by atoms with E-state index in [0.29, 0.717) is 6.54 Å². The average molecular weight is 262 g/mol. The zero-order valence-corrected chi connectivity index (χ0v) is 11.9. The number of likely N-dealkylation sites (tertiary alicyclic amines) is 1. The Morgan fingerprint density at radius 3 is 2.58 bits per heavy atom. The molecule has 19 heavy (non-hydrogen) atoms. The Kier molecular flexibility index (Phi) is 5.83. The van der Waals surface area contributed by atoms with E-state index in [0.717, 1.165) is 25.6 Å². The molecule has 1 aromatic carbocycles. The van der Waals surface area contributed by atoms with Crippen molar-refractivity contribution in [2.45, 2.75) is 25.4 Å². The van der Waals surface area contributed by atoms with Crippen LogP contribution < -0.4 is 5.32 Å². The lowest BCUT2D eigenvalue weighted by atomic mass is 9.90. The smallest absolute Gasteiger partial charge is 0.0791 e. The molecule has 1 heterocycles. The minimum absolute atomic E-state index is 0.240. The van der Waals surface area contributed by atoms with Gasteiger partial charge in [0.05, 0.1) is 6.10 Å². The Labute approximate surface area is 116 Å². The third-order valence-corrected chi connectivity index (χ3v) is 3.98. The molecule has 106 valence electrons. The van der Waals surface area contributed by atoms with E-state index in [9.17, 15) is 5.11 Å². The summed E-state index contributed by atoms with van der Waals surface area (Å²) < 4.78 is 0. The normalized spacial score (nSPS) is 19.5. The highest BCUT2D eigenvalue weighted by Crippen LogP contribution is 2.21. The van der Waals surface area contributed by atoms with Gasteiger partial charge in [-0.05, 0) is 50.9 Å². The van der Waals surface area contributed by atoms with Crippen LogP contribution in [-0.2, 0) is 6.42 Å². The van der Waals surface area contributed by atoms with E-state index >= 15 is 0 Å². The zero-order valence-electron chi connectivity index (χ0n) is 11.9. The molecule has 2 rings (SSSR count). The van der Waals surface area contributed by atoms with Crippen molar-refractivity contribution < 1.29 is 5.11 Å². The van der Waals surface area contributed by atoms with Gasteiger partial charge < -0.3 is 15.3 Å². The van der Waals surface area contributed by atoms with Gasteiger partial charge in [-0.25, -0.2) is 0 Å².